The molecule has 5 nitrogen and oxygen atoms in total. The molecule has 0 spiro atoms. The number of nitrogen functional groups attached to an aromatic ring is 1. The van der Waals surface area contributed by atoms with Crippen LogP contribution in [0.4, 0.5) is 5.82 Å². The number of hydrogen-bond donors (Lipinski definition) is 1. The molecule has 0 aliphatic carbocycles. The molecule has 1 heterocycles. The minimum absolute atomic E-state index is 0.0449. The third kappa shape index (κ3) is 4.20. The molecular weight excluding hydrogens is 252 g/mol. The highest BCUT2D eigenvalue weighted by molar-refractivity contribution is 5.28. The van der Waals surface area contributed by atoms with E-state index in [1.165, 1.54) is 0 Å². The maximum Gasteiger partial charge on any atom is 0.234 e. The predicted octanol–water partition coefficient (Wildman–Crippen LogP) is 2.13. The molecule has 1 aromatic carbocycles. The quantitative estimate of drug-likeness (QED) is 0.872. The van der Waals surface area contributed by atoms with Crippen LogP contribution < -0.4 is 10.5 Å². The molecule has 1 aromatic heterocycles. The van der Waals surface area contributed by atoms with E-state index in [4.69, 9.17) is 10.5 Å². The number of nitrogens with two attached hydrogens (primary N) is 1. The van der Waals surface area contributed by atoms with Gasteiger partial charge in [0.15, 0.2) is 0 Å². The average molecular weight is 272 g/mol. The van der Waals surface area contributed by atoms with Crippen LogP contribution in [-0.2, 0) is 0 Å². The SMILES string of the molecule is CN(C)CCC(Oc1ccc(N)nn1)c1ccccc1. The molecule has 0 bridgehead atoms. The first-order chi connectivity index (χ1) is 9.65. The summed E-state index contributed by atoms with van der Waals surface area (Å²) in [5.41, 5.74) is 6.66. The zero-order valence-corrected chi connectivity index (χ0v) is 11.9. The molecule has 0 amide bonds. The second-order valence-corrected chi connectivity index (χ2v) is 4.91. The first-order valence-electron chi connectivity index (χ1n) is 6.60. The van der Waals surface area contributed by atoms with Crippen molar-refractivity contribution < 1.29 is 4.74 Å². The van der Waals surface area contributed by atoms with Gasteiger partial charge in [-0.05, 0) is 25.7 Å². The van der Waals surface area contributed by atoms with E-state index in [2.05, 4.69) is 27.2 Å². The zero-order valence-electron chi connectivity index (χ0n) is 11.9. The molecule has 0 fully saturated rings. The van der Waals surface area contributed by atoms with Crippen LogP contribution in [0.25, 0.3) is 0 Å². The molecule has 1 atom stereocenters. The van der Waals surface area contributed by atoms with Crippen molar-refractivity contribution in [3.05, 3.63) is 48.0 Å². The summed E-state index contributed by atoms with van der Waals surface area (Å²) in [4.78, 5) is 2.13. The Labute approximate surface area is 119 Å². The van der Waals surface area contributed by atoms with Gasteiger partial charge in [0.1, 0.15) is 11.9 Å². The summed E-state index contributed by atoms with van der Waals surface area (Å²) < 4.78 is 5.95. The topological polar surface area (TPSA) is 64.3 Å². The second kappa shape index (κ2) is 6.86. The first-order valence-corrected chi connectivity index (χ1v) is 6.60. The normalized spacial score (nSPS) is 12.3. The van der Waals surface area contributed by atoms with E-state index in [0.717, 1.165) is 18.5 Å². The molecule has 2 aromatic rings. The first kappa shape index (κ1) is 14.3. The van der Waals surface area contributed by atoms with Crippen LogP contribution in [0.15, 0.2) is 42.5 Å². The van der Waals surface area contributed by atoms with E-state index in [9.17, 15) is 0 Å². The Hall–Kier alpha value is -2.14. The summed E-state index contributed by atoms with van der Waals surface area (Å²) in [7, 11) is 4.09. The van der Waals surface area contributed by atoms with Crippen molar-refractivity contribution in [3.8, 4) is 5.88 Å². The lowest BCUT2D eigenvalue weighted by Crippen LogP contribution is -2.19. The van der Waals surface area contributed by atoms with E-state index in [0.29, 0.717) is 11.7 Å². The lowest BCUT2D eigenvalue weighted by molar-refractivity contribution is 0.171. The van der Waals surface area contributed by atoms with E-state index in [1.807, 2.05) is 32.3 Å². The molecule has 2 rings (SSSR count). The van der Waals surface area contributed by atoms with Crippen molar-refractivity contribution >= 4 is 5.82 Å². The molecule has 0 aliphatic rings. The Balaban J connectivity index is 2.12. The Morgan fingerprint density at radius 1 is 1.10 bits per heavy atom. The summed E-state index contributed by atoms with van der Waals surface area (Å²) in [5.74, 6) is 0.883. The van der Waals surface area contributed by atoms with Gasteiger partial charge in [-0.15, -0.1) is 10.2 Å². The predicted molar refractivity (Wildman–Crippen MR) is 79.4 cm³/mol. The van der Waals surface area contributed by atoms with Gasteiger partial charge in [-0.2, -0.15) is 0 Å². The van der Waals surface area contributed by atoms with Crippen molar-refractivity contribution in [2.45, 2.75) is 12.5 Å². The summed E-state index contributed by atoms with van der Waals surface area (Å²) in [6.07, 6.45) is 0.833. The van der Waals surface area contributed by atoms with Crippen molar-refractivity contribution in [1.29, 1.82) is 0 Å². The monoisotopic (exact) mass is 272 g/mol. The van der Waals surface area contributed by atoms with Gasteiger partial charge in [0.05, 0.1) is 0 Å². The van der Waals surface area contributed by atoms with Crippen molar-refractivity contribution in [3.63, 3.8) is 0 Å². The molecule has 1 unspecified atom stereocenters. The number of hydrogen-bond acceptors (Lipinski definition) is 5. The van der Waals surface area contributed by atoms with Gasteiger partial charge < -0.3 is 15.4 Å². The van der Waals surface area contributed by atoms with Crippen molar-refractivity contribution in [2.75, 3.05) is 26.4 Å². The Bertz CT molecular complexity index is 513. The van der Waals surface area contributed by atoms with Gasteiger partial charge in [0.25, 0.3) is 0 Å². The highest BCUT2D eigenvalue weighted by atomic mass is 16.5. The highest BCUT2D eigenvalue weighted by Gasteiger charge is 2.14. The molecule has 0 saturated heterocycles. The summed E-state index contributed by atoms with van der Waals surface area (Å²) in [5, 5.41) is 7.77. The standard InChI is InChI=1S/C15H20N4O/c1-19(2)11-10-13(12-6-4-3-5-7-12)20-15-9-8-14(16)17-18-15/h3-9,13H,10-11H2,1-2H3,(H2,16,17). The third-order valence-corrected chi connectivity index (χ3v) is 2.93. The minimum Gasteiger partial charge on any atom is -0.468 e. The molecule has 0 saturated carbocycles. The maximum atomic E-state index is 5.95. The molecular formula is C15H20N4O. The van der Waals surface area contributed by atoms with E-state index < -0.39 is 0 Å². The number of aromatic nitrogens is 2. The largest absolute Gasteiger partial charge is 0.468 e. The number of ether oxygens (including phenoxy) is 1. The molecule has 0 aliphatic heterocycles. The van der Waals surface area contributed by atoms with Crippen LogP contribution in [0, 0.1) is 0 Å². The molecule has 106 valence electrons. The van der Waals surface area contributed by atoms with Crippen LogP contribution in [0.3, 0.4) is 0 Å². The number of benzene rings is 1. The zero-order chi connectivity index (χ0) is 14.4. The Kier molecular flexibility index (Phi) is 4.90. The van der Waals surface area contributed by atoms with Crippen LogP contribution >= 0.6 is 0 Å². The van der Waals surface area contributed by atoms with E-state index >= 15 is 0 Å². The summed E-state index contributed by atoms with van der Waals surface area (Å²) in [6, 6.07) is 13.6. The fraction of sp³-hybridized carbons (Fsp3) is 0.333. The Morgan fingerprint density at radius 2 is 1.85 bits per heavy atom. The highest BCUT2D eigenvalue weighted by Crippen LogP contribution is 2.23. The second-order valence-electron chi connectivity index (χ2n) is 4.91. The number of nitrogens with zero attached hydrogens (tertiary/aromatic N) is 3. The molecule has 2 N–H and O–H groups in total. The van der Waals surface area contributed by atoms with Crippen LogP contribution in [0.1, 0.15) is 18.1 Å². The van der Waals surface area contributed by atoms with Crippen LogP contribution in [0.2, 0.25) is 0 Å². The van der Waals surface area contributed by atoms with Gasteiger partial charge >= 0.3 is 0 Å². The smallest absolute Gasteiger partial charge is 0.234 e. The average Bonchev–Trinajstić information content (AvgIpc) is 2.46. The van der Waals surface area contributed by atoms with Gasteiger partial charge in [-0.1, -0.05) is 30.3 Å². The van der Waals surface area contributed by atoms with Gasteiger partial charge in [0.2, 0.25) is 5.88 Å². The lowest BCUT2D eigenvalue weighted by Gasteiger charge is -2.20. The fourth-order valence-corrected chi connectivity index (χ4v) is 1.88. The third-order valence-electron chi connectivity index (χ3n) is 2.93. The van der Waals surface area contributed by atoms with Gasteiger partial charge in [-0.25, -0.2) is 0 Å². The van der Waals surface area contributed by atoms with E-state index in [1.54, 1.807) is 12.1 Å². The molecule has 20 heavy (non-hydrogen) atoms. The number of rotatable bonds is 6. The Morgan fingerprint density at radius 3 is 2.45 bits per heavy atom. The summed E-state index contributed by atoms with van der Waals surface area (Å²) in [6.45, 7) is 0.933. The maximum absolute atomic E-state index is 5.95. The van der Waals surface area contributed by atoms with Crippen LogP contribution in [0.5, 0.6) is 5.88 Å². The van der Waals surface area contributed by atoms with E-state index in [-0.39, 0.29) is 6.10 Å². The molecule has 5 heteroatoms. The van der Waals surface area contributed by atoms with Crippen molar-refractivity contribution in [2.24, 2.45) is 0 Å². The van der Waals surface area contributed by atoms with Gasteiger partial charge in [-0.3, -0.25) is 0 Å². The fourth-order valence-electron chi connectivity index (χ4n) is 1.88. The lowest BCUT2D eigenvalue weighted by atomic mass is 10.1. The van der Waals surface area contributed by atoms with Gasteiger partial charge in [0, 0.05) is 19.0 Å². The molecule has 0 radical (unpaired) electrons. The minimum atomic E-state index is -0.0449. The summed E-state index contributed by atoms with van der Waals surface area (Å²) >= 11 is 0. The van der Waals surface area contributed by atoms with Crippen molar-refractivity contribution in [1.82, 2.24) is 15.1 Å². The van der Waals surface area contributed by atoms with Crippen LogP contribution in [-0.4, -0.2) is 35.7 Å². The number of anilines is 1.